The number of rotatable bonds is 3. The molecule has 0 bridgehead atoms. The first-order valence-corrected chi connectivity index (χ1v) is 6.90. The third-order valence-electron chi connectivity index (χ3n) is 2.92. The van der Waals surface area contributed by atoms with Gasteiger partial charge in [0, 0.05) is 11.1 Å². The molecule has 0 aliphatic heterocycles. The molecule has 0 spiro atoms. The molecule has 1 heterocycles. The van der Waals surface area contributed by atoms with Crippen LogP contribution in [-0.2, 0) is 6.54 Å². The first-order valence-electron chi connectivity index (χ1n) is 6.11. The van der Waals surface area contributed by atoms with Gasteiger partial charge in [-0.1, -0.05) is 30.3 Å². The van der Waals surface area contributed by atoms with Crippen molar-refractivity contribution in [3.63, 3.8) is 0 Å². The van der Waals surface area contributed by atoms with Crippen LogP contribution in [0, 0.1) is 11.6 Å². The van der Waals surface area contributed by atoms with Gasteiger partial charge in [0.1, 0.15) is 11.6 Å². The van der Waals surface area contributed by atoms with Crippen molar-refractivity contribution < 1.29 is 8.78 Å². The first-order chi connectivity index (χ1) is 10.1. The normalized spacial score (nSPS) is 10.8. The van der Waals surface area contributed by atoms with Gasteiger partial charge < -0.3 is 0 Å². The molecule has 0 unspecified atom stereocenters. The Morgan fingerprint density at radius 1 is 1.05 bits per heavy atom. The van der Waals surface area contributed by atoms with E-state index in [4.69, 9.17) is 0 Å². The maximum Gasteiger partial charge on any atom is 0.204 e. The molecule has 3 rings (SSSR count). The van der Waals surface area contributed by atoms with E-state index in [0.717, 1.165) is 10.4 Å². The molecule has 0 saturated carbocycles. The number of halogens is 3. The van der Waals surface area contributed by atoms with Crippen molar-refractivity contribution in [1.29, 1.82) is 0 Å². The molecule has 0 aliphatic rings. The molecule has 0 N–H and O–H groups in total. The summed E-state index contributed by atoms with van der Waals surface area (Å²) in [5.41, 5.74) is 0.681. The van der Waals surface area contributed by atoms with E-state index in [-0.39, 0.29) is 16.6 Å². The third-order valence-corrected chi connectivity index (χ3v) is 3.54. The van der Waals surface area contributed by atoms with Crippen LogP contribution in [0.1, 0.15) is 5.56 Å². The minimum Gasteiger partial charge on any atom is -0.207 e. The number of aromatic nitrogens is 4. The summed E-state index contributed by atoms with van der Waals surface area (Å²) < 4.78 is 27.8. The molecule has 0 fully saturated rings. The van der Waals surface area contributed by atoms with Gasteiger partial charge in [-0.25, -0.2) is 8.78 Å². The fourth-order valence-electron chi connectivity index (χ4n) is 1.87. The topological polar surface area (TPSA) is 43.6 Å². The van der Waals surface area contributed by atoms with Gasteiger partial charge in [0.25, 0.3) is 0 Å². The molecule has 2 aromatic carbocycles. The molecule has 106 valence electrons. The highest BCUT2D eigenvalue weighted by atomic mass is 79.9. The highest BCUT2D eigenvalue weighted by Crippen LogP contribution is 2.22. The minimum absolute atomic E-state index is 0.110. The fourth-order valence-corrected chi connectivity index (χ4v) is 2.24. The van der Waals surface area contributed by atoms with Crippen LogP contribution in [0.3, 0.4) is 0 Å². The quantitative estimate of drug-likeness (QED) is 0.679. The molecule has 7 heteroatoms. The molecule has 21 heavy (non-hydrogen) atoms. The van der Waals surface area contributed by atoms with Crippen LogP contribution in [0.15, 0.2) is 46.9 Å². The second kappa shape index (κ2) is 5.69. The van der Waals surface area contributed by atoms with Crippen molar-refractivity contribution in [3.05, 3.63) is 64.1 Å². The van der Waals surface area contributed by atoms with Gasteiger partial charge >= 0.3 is 0 Å². The predicted octanol–water partition coefficient (Wildman–Crippen LogP) is 3.43. The summed E-state index contributed by atoms with van der Waals surface area (Å²) in [6, 6.07) is 11.8. The van der Waals surface area contributed by atoms with Crippen LogP contribution in [-0.4, -0.2) is 20.2 Å². The van der Waals surface area contributed by atoms with E-state index in [9.17, 15) is 8.78 Å². The Kier molecular flexibility index (Phi) is 3.74. The van der Waals surface area contributed by atoms with Crippen LogP contribution in [0.25, 0.3) is 11.4 Å². The lowest BCUT2D eigenvalue weighted by atomic mass is 10.2. The summed E-state index contributed by atoms with van der Waals surface area (Å²) >= 11 is 3.03. The van der Waals surface area contributed by atoms with E-state index in [2.05, 4.69) is 31.3 Å². The Balaban J connectivity index is 1.91. The zero-order valence-corrected chi connectivity index (χ0v) is 12.3. The molecule has 0 atom stereocenters. The van der Waals surface area contributed by atoms with Crippen LogP contribution in [0.5, 0.6) is 0 Å². The average molecular weight is 351 g/mol. The van der Waals surface area contributed by atoms with Gasteiger partial charge in [-0.3, -0.25) is 0 Å². The third kappa shape index (κ3) is 2.82. The van der Waals surface area contributed by atoms with E-state index in [0.29, 0.717) is 5.82 Å². The Bertz CT molecular complexity index is 774. The summed E-state index contributed by atoms with van der Waals surface area (Å²) in [5, 5.41) is 11.8. The van der Waals surface area contributed by atoms with E-state index in [1.165, 1.54) is 12.1 Å². The van der Waals surface area contributed by atoms with Crippen molar-refractivity contribution in [3.8, 4) is 11.4 Å². The van der Waals surface area contributed by atoms with Gasteiger partial charge in [0.15, 0.2) is 0 Å². The molecular formula is C14H9BrF2N4. The summed E-state index contributed by atoms with van der Waals surface area (Å²) in [6.45, 7) is -0.128. The molecule has 0 radical (unpaired) electrons. The Morgan fingerprint density at radius 2 is 1.81 bits per heavy atom. The lowest BCUT2D eigenvalue weighted by Gasteiger charge is -2.05. The van der Waals surface area contributed by atoms with Gasteiger partial charge in [-0.05, 0) is 33.3 Å². The van der Waals surface area contributed by atoms with Crippen LogP contribution in [0.4, 0.5) is 8.78 Å². The van der Waals surface area contributed by atoms with Crippen LogP contribution >= 0.6 is 15.9 Å². The summed E-state index contributed by atoms with van der Waals surface area (Å²) in [5.74, 6) is -0.894. The molecule has 4 nitrogen and oxygen atoms in total. The van der Waals surface area contributed by atoms with Crippen molar-refractivity contribution in [2.45, 2.75) is 6.54 Å². The van der Waals surface area contributed by atoms with Crippen molar-refractivity contribution in [1.82, 2.24) is 20.2 Å². The highest BCUT2D eigenvalue weighted by Gasteiger charge is 2.14. The van der Waals surface area contributed by atoms with Gasteiger partial charge in [-0.2, -0.15) is 4.80 Å². The molecule has 3 aromatic rings. The maximum atomic E-state index is 13.9. The van der Waals surface area contributed by atoms with Crippen LogP contribution in [0.2, 0.25) is 0 Å². The smallest absolute Gasteiger partial charge is 0.204 e. The standard InChI is InChI=1S/C14H9BrF2N4/c15-11-6-7-12(16)10(13(11)17)8-21-19-14(18-20-21)9-4-2-1-3-5-9/h1-7H,8H2. The van der Waals surface area contributed by atoms with E-state index in [1.54, 1.807) is 0 Å². The zero-order chi connectivity index (χ0) is 14.8. The van der Waals surface area contributed by atoms with Gasteiger partial charge in [0.2, 0.25) is 5.82 Å². The van der Waals surface area contributed by atoms with Crippen LogP contribution < -0.4 is 0 Å². The SMILES string of the molecule is Fc1ccc(Br)c(F)c1Cn1nnc(-c2ccccc2)n1. The number of nitrogens with zero attached hydrogens (tertiary/aromatic N) is 4. The fraction of sp³-hybridized carbons (Fsp3) is 0.0714. The Labute approximate surface area is 127 Å². The minimum atomic E-state index is -0.659. The molecule has 0 saturated heterocycles. The Morgan fingerprint density at radius 3 is 2.57 bits per heavy atom. The molecule has 1 aromatic heterocycles. The molecule has 0 aliphatic carbocycles. The lowest BCUT2D eigenvalue weighted by molar-refractivity contribution is 0.500. The monoisotopic (exact) mass is 350 g/mol. The predicted molar refractivity (Wildman–Crippen MR) is 76.4 cm³/mol. The maximum absolute atomic E-state index is 13.9. The lowest BCUT2D eigenvalue weighted by Crippen LogP contribution is -2.08. The Hall–Kier alpha value is -2.15. The number of tetrazole rings is 1. The second-order valence-corrected chi connectivity index (χ2v) is 5.19. The van der Waals surface area contributed by atoms with E-state index >= 15 is 0 Å². The van der Waals surface area contributed by atoms with Crippen molar-refractivity contribution >= 4 is 15.9 Å². The van der Waals surface area contributed by atoms with Crippen molar-refractivity contribution in [2.75, 3.05) is 0 Å². The molecular weight excluding hydrogens is 342 g/mol. The van der Waals surface area contributed by atoms with Crippen molar-refractivity contribution in [2.24, 2.45) is 0 Å². The number of hydrogen-bond acceptors (Lipinski definition) is 3. The summed E-state index contributed by atoms with van der Waals surface area (Å²) in [7, 11) is 0. The number of benzene rings is 2. The van der Waals surface area contributed by atoms with Gasteiger partial charge in [0.05, 0.1) is 11.0 Å². The number of hydrogen-bond donors (Lipinski definition) is 0. The van der Waals surface area contributed by atoms with E-state index < -0.39 is 11.6 Å². The highest BCUT2D eigenvalue weighted by molar-refractivity contribution is 9.10. The zero-order valence-electron chi connectivity index (χ0n) is 10.7. The molecule has 0 amide bonds. The summed E-state index contributed by atoms with van der Waals surface area (Å²) in [6.07, 6.45) is 0. The average Bonchev–Trinajstić information content (AvgIpc) is 2.97. The summed E-state index contributed by atoms with van der Waals surface area (Å²) in [4.78, 5) is 1.16. The van der Waals surface area contributed by atoms with Gasteiger partial charge in [-0.15, -0.1) is 10.2 Å². The van der Waals surface area contributed by atoms with E-state index in [1.807, 2.05) is 30.3 Å². The largest absolute Gasteiger partial charge is 0.207 e. The second-order valence-electron chi connectivity index (χ2n) is 4.33. The first kappa shape index (κ1) is 13.8.